The zero-order valence-electron chi connectivity index (χ0n) is 10.4. The van der Waals surface area contributed by atoms with E-state index < -0.39 is 0 Å². The first-order chi connectivity index (χ1) is 7.85. The molecule has 2 rings (SSSR count). The zero-order chi connectivity index (χ0) is 11.4. The second-order valence-corrected chi connectivity index (χ2v) is 4.73. The molecule has 1 aromatic heterocycles. The molecule has 1 aliphatic carbocycles. The molecule has 0 aromatic carbocycles. The monoisotopic (exact) mass is 218 g/mol. The Morgan fingerprint density at radius 1 is 1.44 bits per heavy atom. The van der Waals surface area contributed by atoms with Crippen LogP contribution in [-0.4, -0.2) is 11.5 Å². The number of hydrogen-bond acceptors (Lipinski definition) is 2. The predicted octanol–water partition coefficient (Wildman–Crippen LogP) is 3.09. The van der Waals surface area contributed by atoms with Gasteiger partial charge in [-0.25, -0.2) is 0 Å². The lowest BCUT2D eigenvalue weighted by molar-refractivity contribution is 0.407. The van der Waals surface area contributed by atoms with Gasteiger partial charge in [0.1, 0.15) is 0 Å². The fourth-order valence-corrected chi connectivity index (χ4v) is 2.50. The molecule has 0 fully saturated rings. The normalized spacial score (nSPS) is 19.1. The highest BCUT2D eigenvalue weighted by Gasteiger charge is 2.23. The lowest BCUT2D eigenvalue weighted by atomic mass is 10.0. The van der Waals surface area contributed by atoms with Gasteiger partial charge in [0.15, 0.2) is 0 Å². The third-order valence-electron chi connectivity index (χ3n) is 3.77. The van der Waals surface area contributed by atoms with Crippen molar-refractivity contribution >= 4 is 0 Å². The van der Waals surface area contributed by atoms with Gasteiger partial charge < -0.3 is 5.32 Å². The van der Waals surface area contributed by atoms with Crippen LogP contribution in [0.1, 0.15) is 50.4 Å². The van der Waals surface area contributed by atoms with Gasteiger partial charge in [-0.2, -0.15) is 0 Å². The summed E-state index contributed by atoms with van der Waals surface area (Å²) in [7, 11) is 0. The Labute approximate surface area is 98.5 Å². The van der Waals surface area contributed by atoms with Crippen molar-refractivity contribution in [1.29, 1.82) is 0 Å². The van der Waals surface area contributed by atoms with E-state index in [4.69, 9.17) is 0 Å². The lowest BCUT2D eigenvalue weighted by Gasteiger charge is -2.18. The SMILES string of the molecule is CCC(CC)CNC1CCc2cccnc21. The minimum Gasteiger partial charge on any atom is -0.308 e. The van der Waals surface area contributed by atoms with Crippen LogP contribution in [0.15, 0.2) is 18.3 Å². The first kappa shape index (κ1) is 11.6. The first-order valence-electron chi connectivity index (χ1n) is 6.52. The van der Waals surface area contributed by atoms with E-state index in [1.807, 2.05) is 12.3 Å². The van der Waals surface area contributed by atoms with Crippen molar-refractivity contribution in [3.8, 4) is 0 Å². The van der Waals surface area contributed by atoms with E-state index in [-0.39, 0.29) is 0 Å². The number of aromatic nitrogens is 1. The van der Waals surface area contributed by atoms with Gasteiger partial charge in [-0.1, -0.05) is 32.8 Å². The van der Waals surface area contributed by atoms with E-state index in [1.165, 1.54) is 36.9 Å². The van der Waals surface area contributed by atoms with Crippen LogP contribution in [0.3, 0.4) is 0 Å². The van der Waals surface area contributed by atoms with Crippen molar-refractivity contribution in [1.82, 2.24) is 10.3 Å². The quantitative estimate of drug-likeness (QED) is 0.821. The third kappa shape index (κ3) is 2.43. The maximum Gasteiger partial charge on any atom is 0.0605 e. The average molecular weight is 218 g/mol. The highest BCUT2D eigenvalue weighted by molar-refractivity contribution is 5.27. The molecule has 16 heavy (non-hydrogen) atoms. The van der Waals surface area contributed by atoms with Crippen molar-refractivity contribution in [2.45, 2.75) is 45.6 Å². The molecular formula is C14H22N2. The van der Waals surface area contributed by atoms with E-state index in [0.717, 1.165) is 12.5 Å². The molecule has 2 nitrogen and oxygen atoms in total. The Hall–Kier alpha value is -0.890. The molecule has 1 N–H and O–H groups in total. The van der Waals surface area contributed by atoms with E-state index in [0.29, 0.717) is 6.04 Å². The number of nitrogens with one attached hydrogen (secondary N) is 1. The standard InChI is InChI=1S/C14H22N2/c1-3-11(4-2)10-16-13-8-7-12-6-5-9-15-14(12)13/h5-6,9,11,13,16H,3-4,7-8,10H2,1-2H3. The molecule has 0 amide bonds. The van der Waals surface area contributed by atoms with Crippen molar-refractivity contribution in [2.24, 2.45) is 5.92 Å². The van der Waals surface area contributed by atoms with E-state index in [2.05, 4.69) is 30.2 Å². The van der Waals surface area contributed by atoms with Crippen molar-refractivity contribution in [3.05, 3.63) is 29.6 Å². The van der Waals surface area contributed by atoms with Gasteiger partial charge in [0.05, 0.1) is 11.7 Å². The van der Waals surface area contributed by atoms with E-state index >= 15 is 0 Å². The summed E-state index contributed by atoms with van der Waals surface area (Å²) in [6, 6.07) is 4.75. The molecule has 0 spiro atoms. The Morgan fingerprint density at radius 2 is 2.25 bits per heavy atom. The fraction of sp³-hybridized carbons (Fsp3) is 0.643. The number of pyridine rings is 1. The summed E-state index contributed by atoms with van der Waals surface area (Å²) >= 11 is 0. The van der Waals surface area contributed by atoms with Crippen LogP contribution in [-0.2, 0) is 6.42 Å². The van der Waals surface area contributed by atoms with Crippen LogP contribution in [0.5, 0.6) is 0 Å². The van der Waals surface area contributed by atoms with Crippen LogP contribution in [0.25, 0.3) is 0 Å². The van der Waals surface area contributed by atoms with Gasteiger partial charge >= 0.3 is 0 Å². The number of hydrogen-bond donors (Lipinski definition) is 1. The maximum atomic E-state index is 4.51. The zero-order valence-corrected chi connectivity index (χ0v) is 10.4. The number of fused-ring (bicyclic) bond motifs is 1. The van der Waals surface area contributed by atoms with Gasteiger partial charge in [-0.3, -0.25) is 4.98 Å². The van der Waals surface area contributed by atoms with Crippen LogP contribution < -0.4 is 5.32 Å². The molecule has 0 radical (unpaired) electrons. The topological polar surface area (TPSA) is 24.9 Å². The lowest BCUT2D eigenvalue weighted by Crippen LogP contribution is -2.26. The summed E-state index contributed by atoms with van der Waals surface area (Å²) in [6.45, 7) is 5.68. The van der Waals surface area contributed by atoms with Gasteiger partial charge in [-0.05, 0) is 36.9 Å². The number of rotatable bonds is 5. The molecule has 88 valence electrons. The Kier molecular flexibility index (Phi) is 3.94. The molecule has 0 bridgehead atoms. The minimum atomic E-state index is 0.497. The second kappa shape index (κ2) is 5.44. The molecule has 1 atom stereocenters. The summed E-state index contributed by atoms with van der Waals surface area (Å²) in [4.78, 5) is 4.51. The van der Waals surface area contributed by atoms with Crippen molar-refractivity contribution in [2.75, 3.05) is 6.54 Å². The molecule has 1 unspecified atom stereocenters. The Balaban J connectivity index is 1.93. The molecule has 1 heterocycles. The number of aryl methyl sites for hydroxylation is 1. The third-order valence-corrected chi connectivity index (χ3v) is 3.77. The molecule has 0 saturated carbocycles. The Bertz CT molecular complexity index is 331. The van der Waals surface area contributed by atoms with Gasteiger partial charge in [-0.15, -0.1) is 0 Å². The smallest absolute Gasteiger partial charge is 0.0605 e. The molecule has 0 aliphatic heterocycles. The highest BCUT2D eigenvalue weighted by Crippen LogP contribution is 2.28. The highest BCUT2D eigenvalue weighted by atomic mass is 14.9. The summed E-state index contributed by atoms with van der Waals surface area (Å²) in [5.41, 5.74) is 2.72. The van der Waals surface area contributed by atoms with Crippen LogP contribution in [0.2, 0.25) is 0 Å². The molecule has 1 aromatic rings. The second-order valence-electron chi connectivity index (χ2n) is 4.73. The largest absolute Gasteiger partial charge is 0.308 e. The molecule has 0 saturated heterocycles. The van der Waals surface area contributed by atoms with Crippen LogP contribution in [0, 0.1) is 5.92 Å². The van der Waals surface area contributed by atoms with Gasteiger partial charge in [0.25, 0.3) is 0 Å². The predicted molar refractivity (Wildman–Crippen MR) is 67.4 cm³/mol. The summed E-state index contributed by atoms with van der Waals surface area (Å²) in [5, 5.41) is 3.68. The van der Waals surface area contributed by atoms with Crippen molar-refractivity contribution in [3.63, 3.8) is 0 Å². The fourth-order valence-electron chi connectivity index (χ4n) is 2.50. The van der Waals surface area contributed by atoms with E-state index in [9.17, 15) is 0 Å². The summed E-state index contributed by atoms with van der Waals surface area (Å²) in [5.74, 6) is 0.813. The average Bonchev–Trinajstić information content (AvgIpc) is 2.74. The first-order valence-corrected chi connectivity index (χ1v) is 6.52. The molecular weight excluding hydrogens is 196 g/mol. The summed E-state index contributed by atoms with van der Waals surface area (Å²) in [6.07, 6.45) is 6.85. The molecule has 1 aliphatic rings. The molecule has 2 heteroatoms. The summed E-state index contributed by atoms with van der Waals surface area (Å²) < 4.78 is 0. The Morgan fingerprint density at radius 3 is 3.00 bits per heavy atom. The van der Waals surface area contributed by atoms with Gasteiger partial charge in [0, 0.05) is 6.20 Å². The minimum absolute atomic E-state index is 0.497. The van der Waals surface area contributed by atoms with Crippen LogP contribution in [0.4, 0.5) is 0 Å². The number of nitrogens with zero attached hydrogens (tertiary/aromatic N) is 1. The maximum absolute atomic E-state index is 4.51. The van der Waals surface area contributed by atoms with Crippen molar-refractivity contribution < 1.29 is 0 Å². The van der Waals surface area contributed by atoms with Crippen LogP contribution >= 0.6 is 0 Å². The van der Waals surface area contributed by atoms with E-state index in [1.54, 1.807) is 0 Å². The van der Waals surface area contributed by atoms with Gasteiger partial charge in [0.2, 0.25) is 0 Å².